The van der Waals surface area contributed by atoms with E-state index in [9.17, 15) is 0 Å². The molecule has 9 rings (SSSR count). The van der Waals surface area contributed by atoms with Crippen LogP contribution in [0.1, 0.15) is 33.4 Å². The zero-order valence-electron chi connectivity index (χ0n) is 23.4. The van der Waals surface area contributed by atoms with Crippen molar-refractivity contribution in [1.29, 1.82) is 0 Å². The summed E-state index contributed by atoms with van der Waals surface area (Å²) in [7, 11) is 0. The molecule has 0 unspecified atom stereocenters. The highest BCUT2D eigenvalue weighted by Crippen LogP contribution is 2.58. The predicted molar refractivity (Wildman–Crippen MR) is 176 cm³/mol. The molecular formula is C40H26N2S. The van der Waals surface area contributed by atoms with Gasteiger partial charge in [0.15, 0.2) is 5.82 Å². The maximum Gasteiger partial charge on any atom is 0.159 e. The summed E-state index contributed by atoms with van der Waals surface area (Å²) in [5, 5.41) is 1.05. The van der Waals surface area contributed by atoms with Crippen molar-refractivity contribution >= 4 is 22.7 Å². The minimum Gasteiger partial charge on any atom is -0.236 e. The minimum atomic E-state index is -0.349. The number of rotatable bonds is 2. The number of aromatic nitrogens is 2. The van der Waals surface area contributed by atoms with Crippen LogP contribution < -0.4 is 0 Å². The third-order valence-corrected chi connectivity index (χ3v) is 10.2. The highest BCUT2D eigenvalue weighted by Gasteiger charge is 2.48. The average molecular weight is 567 g/mol. The molecule has 0 saturated heterocycles. The predicted octanol–water partition coefficient (Wildman–Crippen LogP) is 9.72. The Morgan fingerprint density at radius 1 is 0.512 bits per heavy atom. The zero-order valence-corrected chi connectivity index (χ0v) is 24.2. The summed E-state index contributed by atoms with van der Waals surface area (Å²) in [6, 6.07) is 50.9. The molecule has 202 valence electrons. The van der Waals surface area contributed by atoms with E-state index < -0.39 is 0 Å². The third kappa shape index (κ3) is 3.68. The SMILES string of the molecule is c1ccc2c(c1)Cc1cc(-c3ccc(-c4ncc5ccccc5n4)cc3)ccc1C21c2ccccc2Sc2ccccc21. The summed E-state index contributed by atoms with van der Waals surface area (Å²) >= 11 is 1.89. The number of benzene rings is 6. The second kappa shape index (κ2) is 9.52. The van der Waals surface area contributed by atoms with Gasteiger partial charge in [-0.1, -0.05) is 133 Å². The number of hydrogen-bond donors (Lipinski definition) is 0. The standard InChI is InChI=1S/C40H26N2S/c1-3-11-32-29(9-1)24-31-23-28(26-17-19-27(20-18-26)39-41-25-30-10-2-6-14-36(30)42-39)21-22-33(31)40(32)34-12-4-7-15-37(34)43-38-16-8-5-13-35(38)40/h1-23,25H,24H2. The lowest BCUT2D eigenvalue weighted by molar-refractivity contribution is 0.669. The van der Waals surface area contributed by atoms with Gasteiger partial charge in [-0.3, -0.25) is 0 Å². The Morgan fingerprint density at radius 2 is 1.12 bits per heavy atom. The number of nitrogens with zero attached hydrogens (tertiary/aromatic N) is 2. The molecule has 1 aliphatic heterocycles. The van der Waals surface area contributed by atoms with Crippen molar-refractivity contribution in [1.82, 2.24) is 9.97 Å². The summed E-state index contributed by atoms with van der Waals surface area (Å²) in [6.07, 6.45) is 2.82. The fraction of sp³-hybridized carbons (Fsp3) is 0.0500. The van der Waals surface area contributed by atoms with Crippen molar-refractivity contribution in [2.45, 2.75) is 21.6 Å². The number of hydrogen-bond acceptors (Lipinski definition) is 3. The van der Waals surface area contributed by atoms with Gasteiger partial charge in [-0.2, -0.15) is 0 Å². The molecule has 0 atom stereocenters. The molecule has 2 nitrogen and oxygen atoms in total. The molecule has 2 heterocycles. The van der Waals surface area contributed by atoms with Gasteiger partial charge in [0.25, 0.3) is 0 Å². The topological polar surface area (TPSA) is 25.8 Å². The highest BCUT2D eigenvalue weighted by molar-refractivity contribution is 7.99. The van der Waals surface area contributed by atoms with E-state index in [1.807, 2.05) is 42.2 Å². The van der Waals surface area contributed by atoms with Gasteiger partial charge in [0.2, 0.25) is 0 Å². The molecule has 1 aromatic heterocycles. The molecule has 3 heteroatoms. The van der Waals surface area contributed by atoms with E-state index in [1.54, 1.807) is 0 Å². The van der Waals surface area contributed by atoms with Crippen molar-refractivity contribution in [2.75, 3.05) is 0 Å². The van der Waals surface area contributed by atoms with Crippen LogP contribution in [0.2, 0.25) is 0 Å². The van der Waals surface area contributed by atoms with E-state index in [4.69, 9.17) is 4.98 Å². The maximum atomic E-state index is 4.80. The molecule has 1 aliphatic carbocycles. The van der Waals surface area contributed by atoms with E-state index in [2.05, 4.69) is 120 Å². The fourth-order valence-electron chi connectivity index (χ4n) is 7.17. The highest BCUT2D eigenvalue weighted by atomic mass is 32.2. The minimum absolute atomic E-state index is 0.349. The second-order valence-electron chi connectivity index (χ2n) is 11.4. The van der Waals surface area contributed by atoms with Crippen LogP contribution in [-0.2, 0) is 11.8 Å². The smallest absolute Gasteiger partial charge is 0.159 e. The quantitative estimate of drug-likeness (QED) is 0.208. The van der Waals surface area contributed by atoms with E-state index in [1.165, 1.54) is 54.3 Å². The van der Waals surface area contributed by atoms with Crippen molar-refractivity contribution in [2.24, 2.45) is 0 Å². The molecule has 1 spiro atoms. The Morgan fingerprint density at radius 3 is 1.91 bits per heavy atom. The Hall–Kier alpha value is -4.99. The van der Waals surface area contributed by atoms with Crippen LogP contribution >= 0.6 is 11.8 Å². The Bertz CT molecular complexity index is 2140. The third-order valence-electron chi connectivity index (χ3n) is 9.08. The molecule has 2 aliphatic rings. The Labute approximate surface area is 255 Å². The van der Waals surface area contributed by atoms with Crippen molar-refractivity contribution in [3.8, 4) is 22.5 Å². The largest absolute Gasteiger partial charge is 0.236 e. The van der Waals surface area contributed by atoms with Gasteiger partial charge in [-0.05, 0) is 69.1 Å². The van der Waals surface area contributed by atoms with E-state index in [-0.39, 0.29) is 5.41 Å². The maximum absolute atomic E-state index is 4.80. The van der Waals surface area contributed by atoms with Gasteiger partial charge >= 0.3 is 0 Å². The van der Waals surface area contributed by atoms with Crippen LogP contribution in [0.5, 0.6) is 0 Å². The Balaban J connectivity index is 1.19. The summed E-state index contributed by atoms with van der Waals surface area (Å²) in [4.78, 5) is 12.1. The molecular weight excluding hydrogens is 541 g/mol. The average Bonchev–Trinajstić information content (AvgIpc) is 3.08. The fourth-order valence-corrected chi connectivity index (χ4v) is 8.37. The summed E-state index contributed by atoms with van der Waals surface area (Å²) in [5.41, 5.74) is 12.4. The molecule has 43 heavy (non-hydrogen) atoms. The first kappa shape index (κ1) is 24.6. The summed E-state index contributed by atoms with van der Waals surface area (Å²) in [5.74, 6) is 0.752. The normalized spacial score (nSPS) is 14.0. The van der Waals surface area contributed by atoms with Crippen LogP contribution in [0.3, 0.4) is 0 Å². The van der Waals surface area contributed by atoms with Crippen molar-refractivity contribution < 1.29 is 0 Å². The van der Waals surface area contributed by atoms with Crippen LogP contribution in [0.25, 0.3) is 33.4 Å². The van der Waals surface area contributed by atoms with E-state index in [0.29, 0.717) is 0 Å². The molecule has 0 radical (unpaired) electrons. The van der Waals surface area contributed by atoms with E-state index >= 15 is 0 Å². The number of para-hydroxylation sites is 1. The lowest BCUT2D eigenvalue weighted by atomic mass is 9.59. The molecule has 0 N–H and O–H groups in total. The van der Waals surface area contributed by atoms with Crippen LogP contribution in [0, 0.1) is 0 Å². The van der Waals surface area contributed by atoms with Crippen molar-refractivity contribution in [3.05, 3.63) is 179 Å². The van der Waals surface area contributed by atoms with Crippen LogP contribution in [-0.4, -0.2) is 9.97 Å². The molecule has 0 amide bonds. The van der Waals surface area contributed by atoms with Gasteiger partial charge in [0, 0.05) is 26.9 Å². The molecule has 7 aromatic rings. The zero-order chi connectivity index (χ0) is 28.4. The van der Waals surface area contributed by atoms with Crippen LogP contribution in [0.15, 0.2) is 156 Å². The Kier molecular flexibility index (Phi) is 5.44. The van der Waals surface area contributed by atoms with Gasteiger partial charge in [-0.25, -0.2) is 9.97 Å². The molecule has 0 fully saturated rings. The van der Waals surface area contributed by atoms with Gasteiger partial charge in [0.05, 0.1) is 10.9 Å². The van der Waals surface area contributed by atoms with E-state index in [0.717, 1.165) is 28.7 Å². The summed E-state index contributed by atoms with van der Waals surface area (Å²) < 4.78 is 0. The molecule has 6 aromatic carbocycles. The monoisotopic (exact) mass is 566 g/mol. The van der Waals surface area contributed by atoms with Crippen LogP contribution in [0.4, 0.5) is 0 Å². The lowest BCUT2D eigenvalue weighted by Gasteiger charge is -2.46. The number of fused-ring (bicyclic) bond motifs is 9. The summed E-state index contributed by atoms with van der Waals surface area (Å²) in [6.45, 7) is 0. The van der Waals surface area contributed by atoms with Gasteiger partial charge in [-0.15, -0.1) is 0 Å². The second-order valence-corrected chi connectivity index (χ2v) is 12.5. The first-order chi connectivity index (χ1) is 21.3. The molecule has 0 bridgehead atoms. The van der Waals surface area contributed by atoms with Gasteiger partial charge in [0.1, 0.15) is 0 Å². The first-order valence-electron chi connectivity index (χ1n) is 14.7. The first-order valence-corrected chi connectivity index (χ1v) is 15.5. The molecule has 0 saturated carbocycles. The lowest BCUT2D eigenvalue weighted by Crippen LogP contribution is -2.38. The van der Waals surface area contributed by atoms with Crippen molar-refractivity contribution in [3.63, 3.8) is 0 Å². The van der Waals surface area contributed by atoms with Gasteiger partial charge < -0.3 is 0 Å².